The topological polar surface area (TPSA) is 89.8 Å². The number of aromatic nitrogens is 2. The number of allylic oxidation sites excluding steroid dienone is 6. The van der Waals surface area contributed by atoms with Gasteiger partial charge < -0.3 is 20.4 Å². The number of aliphatic imine (C=N–C) groups is 2. The summed E-state index contributed by atoms with van der Waals surface area (Å²) in [5.41, 5.74) is 12.3. The standard InChI is InChI=1S/C32H34N6O.C2H4/c1-38-19-14-24-11-10-23(6-3-9-30(24)38)28-21-27(12-13-29(28)35-18-15-33)37-32(26-8-4-16-34-22-26)25-7-5-17-36-31(20-25)39-2;1-2/h4-5,8-12,14-22,32,37H,3,6-7,13,33H2,1-2H3;1-2H2/b18-15-,23-10+,24-11-,30-9?,35-29?;. The highest BCUT2D eigenvalue weighted by Gasteiger charge is 2.22. The van der Waals surface area contributed by atoms with Gasteiger partial charge in [-0.25, -0.2) is 4.99 Å². The van der Waals surface area contributed by atoms with Crippen LogP contribution in [0.1, 0.15) is 37.3 Å². The van der Waals surface area contributed by atoms with E-state index in [2.05, 4.69) is 88.8 Å². The van der Waals surface area contributed by atoms with Crippen molar-refractivity contribution >= 4 is 23.8 Å². The number of methoxy groups -OCH3 is 1. The molecule has 5 rings (SSSR count). The van der Waals surface area contributed by atoms with E-state index >= 15 is 0 Å². The van der Waals surface area contributed by atoms with Crippen LogP contribution >= 0.6 is 0 Å². The van der Waals surface area contributed by atoms with Crippen LogP contribution < -0.4 is 21.6 Å². The molecular formula is C34H38N6O. The van der Waals surface area contributed by atoms with Crippen LogP contribution in [0.2, 0.25) is 0 Å². The molecule has 0 spiro atoms. The summed E-state index contributed by atoms with van der Waals surface area (Å²) in [6.07, 6.45) is 29.3. The van der Waals surface area contributed by atoms with E-state index in [-0.39, 0.29) is 6.04 Å². The summed E-state index contributed by atoms with van der Waals surface area (Å²) in [7, 11) is 3.73. The second kappa shape index (κ2) is 14.5. The lowest BCUT2D eigenvalue weighted by Gasteiger charge is -2.26. The van der Waals surface area contributed by atoms with Crippen molar-refractivity contribution in [1.82, 2.24) is 14.9 Å². The first-order valence-electron chi connectivity index (χ1n) is 13.7. The van der Waals surface area contributed by atoms with Gasteiger partial charge in [0.1, 0.15) is 0 Å². The molecule has 0 saturated carbocycles. The Morgan fingerprint density at radius 1 is 1.17 bits per heavy atom. The van der Waals surface area contributed by atoms with Crippen LogP contribution in [0, 0.1) is 0 Å². The van der Waals surface area contributed by atoms with E-state index in [1.807, 2.05) is 24.4 Å². The molecule has 0 fully saturated rings. The highest BCUT2D eigenvalue weighted by atomic mass is 16.5. The smallest absolute Gasteiger partial charge is 0.212 e. The highest BCUT2D eigenvalue weighted by Crippen LogP contribution is 2.30. The molecule has 7 nitrogen and oxygen atoms in total. The van der Waals surface area contributed by atoms with Crippen molar-refractivity contribution in [2.75, 3.05) is 7.11 Å². The predicted molar refractivity (Wildman–Crippen MR) is 170 cm³/mol. The zero-order valence-electron chi connectivity index (χ0n) is 23.8. The van der Waals surface area contributed by atoms with E-state index in [1.165, 1.54) is 22.3 Å². The molecule has 3 aliphatic rings. The van der Waals surface area contributed by atoms with E-state index in [4.69, 9.17) is 15.5 Å². The number of hydrogen-bond acceptors (Lipinski definition) is 6. The van der Waals surface area contributed by atoms with E-state index in [0.29, 0.717) is 12.3 Å². The van der Waals surface area contributed by atoms with Gasteiger partial charge in [0.2, 0.25) is 5.90 Å². The van der Waals surface area contributed by atoms with E-state index in [0.717, 1.165) is 47.4 Å². The molecule has 1 aliphatic heterocycles. The molecule has 2 aromatic heterocycles. The Labute approximate surface area is 242 Å². The first kappa shape index (κ1) is 29.1. The van der Waals surface area contributed by atoms with Gasteiger partial charge in [0.05, 0.1) is 18.9 Å². The van der Waals surface area contributed by atoms with Crippen molar-refractivity contribution in [1.29, 1.82) is 0 Å². The quantitative estimate of drug-likeness (QED) is 0.509. The molecular weight excluding hydrogens is 508 g/mol. The number of fused-ring (bicyclic) bond motifs is 1. The number of pyridine rings is 1. The number of ether oxygens (including phenoxy) is 1. The van der Waals surface area contributed by atoms with Gasteiger partial charge in [-0.1, -0.05) is 36.4 Å². The Balaban J connectivity index is 0.00000189. The van der Waals surface area contributed by atoms with E-state index < -0.39 is 0 Å². The molecule has 7 heteroatoms. The number of nitrogens with one attached hydrogen (secondary N) is 1. The molecule has 2 aliphatic carbocycles. The first-order chi connectivity index (χ1) is 20.2. The lowest BCUT2D eigenvalue weighted by molar-refractivity contribution is 0.406. The summed E-state index contributed by atoms with van der Waals surface area (Å²) in [4.78, 5) is 13.5. The zero-order chi connectivity index (χ0) is 29.0. The maximum atomic E-state index is 5.65. The van der Waals surface area contributed by atoms with Crippen LogP contribution in [0.5, 0.6) is 0 Å². The molecule has 3 N–H and O–H groups in total. The highest BCUT2D eigenvalue weighted by molar-refractivity contribution is 6.06. The fraction of sp³-hybridized carbons (Fsp3) is 0.206. The molecule has 3 heterocycles. The second-order valence-electron chi connectivity index (χ2n) is 9.55. The van der Waals surface area contributed by atoms with E-state index in [9.17, 15) is 0 Å². The van der Waals surface area contributed by atoms with Gasteiger partial charge >= 0.3 is 0 Å². The van der Waals surface area contributed by atoms with Crippen LogP contribution in [0.3, 0.4) is 0 Å². The van der Waals surface area contributed by atoms with Crippen LogP contribution in [0.25, 0.3) is 12.2 Å². The van der Waals surface area contributed by atoms with Crippen molar-refractivity contribution in [2.45, 2.75) is 31.7 Å². The van der Waals surface area contributed by atoms with Crippen molar-refractivity contribution in [3.63, 3.8) is 0 Å². The Morgan fingerprint density at radius 2 is 2.05 bits per heavy atom. The summed E-state index contributed by atoms with van der Waals surface area (Å²) in [6.45, 7) is 6.00. The molecule has 1 unspecified atom stereocenters. The van der Waals surface area contributed by atoms with Gasteiger partial charge in [-0.05, 0) is 59.4 Å². The maximum Gasteiger partial charge on any atom is 0.212 e. The van der Waals surface area contributed by atoms with Crippen molar-refractivity contribution in [3.05, 3.63) is 137 Å². The summed E-state index contributed by atoms with van der Waals surface area (Å²) in [6, 6.07) is 6.11. The lowest BCUT2D eigenvalue weighted by Crippen LogP contribution is -2.28. The van der Waals surface area contributed by atoms with Gasteiger partial charge in [-0.2, -0.15) is 0 Å². The maximum absolute atomic E-state index is 5.65. The third-order valence-electron chi connectivity index (χ3n) is 7.04. The monoisotopic (exact) mass is 546 g/mol. The third-order valence-corrected chi connectivity index (χ3v) is 7.04. The van der Waals surface area contributed by atoms with Crippen molar-refractivity contribution in [3.8, 4) is 0 Å². The Kier molecular flexibility index (Phi) is 10.3. The van der Waals surface area contributed by atoms with Crippen LogP contribution in [-0.2, 0) is 11.8 Å². The minimum absolute atomic E-state index is 0.105. The summed E-state index contributed by atoms with van der Waals surface area (Å²) in [5.74, 6) is 0.582. The fourth-order valence-electron chi connectivity index (χ4n) is 5.06. The molecule has 0 radical (unpaired) electrons. The van der Waals surface area contributed by atoms with Gasteiger partial charge in [-0.15, -0.1) is 13.2 Å². The Bertz CT molecular complexity index is 1600. The van der Waals surface area contributed by atoms with Gasteiger partial charge in [-0.3, -0.25) is 9.98 Å². The zero-order valence-corrected chi connectivity index (χ0v) is 23.8. The van der Waals surface area contributed by atoms with Gasteiger partial charge in [0, 0.05) is 73.4 Å². The average molecular weight is 547 g/mol. The summed E-state index contributed by atoms with van der Waals surface area (Å²) < 4.78 is 7.65. The SMILES string of the molecule is C=C.COC1=NC=CCC(C(NC2=CCC(=N/C=C\N)C(/C3=C/C=c4/ccn(C)c4=CCC3)=C2)c2cccnc2)=C1. The number of nitrogens with two attached hydrogens (primary N) is 1. The van der Waals surface area contributed by atoms with E-state index in [1.54, 1.807) is 25.7 Å². The van der Waals surface area contributed by atoms with Crippen LogP contribution in [-0.4, -0.2) is 28.3 Å². The minimum Gasteiger partial charge on any atom is -0.481 e. The summed E-state index contributed by atoms with van der Waals surface area (Å²) in [5, 5.41) is 6.27. The Hall–Kier alpha value is -4.91. The number of rotatable bonds is 6. The number of hydrogen-bond donors (Lipinski definition) is 2. The molecule has 1 atom stereocenters. The lowest BCUT2D eigenvalue weighted by atomic mass is 9.89. The normalized spacial score (nSPS) is 20.4. The minimum atomic E-state index is -0.105. The first-order valence-corrected chi connectivity index (χ1v) is 13.7. The molecule has 0 saturated heterocycles. The predicted octanol–water partition coefficient (Wildman–Crippen LogP) is 4.81. The molecule has 0 amide bonds. The fourth-order valence-corrected chi connectivity index (χ4v) is 5.06. The Morgan fingerprint density at radius 3 is 2.83 bits per heavy atom. The summed E-state index contributed by atoms with van der Waals surface area (Å²) >= 11 is 0. The van der Waals surface area contributed by atoms with Crippen LogP contribution in [0.4, 0.5) is 0 Å². The molecule has 210 valence electrons. The second-order valence-corrected chi connectivity index (χ2v) is 9.55. The molecule has 41 heavy (non-hydrogen) atoms. The molecule has 0 bridgehead atoms. The van der Waals surface area contributed by atoms with Crippen molar-refractivity contribution in [2.24, 2.45) is 22.8 Å². The molecule has 0 aromatic carbocycles. The van der Waals surface area contributed by atoms with Gasteiger partial charge in [0.15, 0.2) is 0 Å². The van der Waals surface area contributed by atoms with Crippen molar-refractivity contribution < 1.29 is 4.74 Å². The van der Waals surface area contributed by atoms with Gasteiger partial charge in [0.25, 0.3) is 0 Å². The number of nitrogens with zero attached hydrogens (tertiary/aromatic N) is 4. The van der Waals surface area contributed by atoms with Crippen LogP contribution in [0.15, 0.2) is 131 Å². The average Bonchev–Trinajstić information content (AvgIpc) is 3.18. The third kappa shape index (κ3) is 7.19. The largest absolute Gasteiger partial charge is 0.481 e. The number of aryl methyl sites for hydroxylation is 1. The molecule has 2 aromatic rings.